The Bertz CT molecular complexity index is 1390. The van der Waals surface area contributed by atoms with Crippen LogP contribution >= 0.6 is 0 Å². The van der Waals surface area contributed by atoms with Crippen LogP contribution in [-0.4, -0.2) is 65.3 Å². The zero-order valence-electron chi connectivity index (χ0n) is 22.4. The average molecular weight is 497 g/mol. The Hall–Kier alpha value is -4.03. The molecule has 3 heterocycles. The number of hydrogen-bond acceptors (Lipinski definition) is 9. The van der Waals surface area contributed by atoms with Gasteiger partial charge in [-0.05, 0) is 18.9 Å². The number of amides is 2. The number of carbonyl (C=O) groups is 2. The summed E-state index contributed by atoms with van der Waals surface area (Å²) in [6.45, 7) is 0.400. The van der Waals surface area contributed by atoms with Gasteiger partial charge in [0.1, 0.15) is 17.9 Å². The number of nitrogens with zero attached hydrogens (tertiary/aromatic N) is 4. The van der Waals surface area contributed by atoms with Gasteiger partial charge in [0.15, 0.2) is 11.5 Å². The first-order chi connectivity index (χ1) is 18.6. The lowest BCUT2D eigenvalue weighted by Crippen LogP contribution is -2.24. The van der Waals surface area contributed by atoms with Crippen LogP contribution in [0.25, 0.3) is 11.1 Å². The molecule has 1 aliphatic heterocycles. The van der Waals surface area contributed by atoms with Crippen molar-refractivity contribution in [3.8, 4) is 16.9 Å². The van der Waals surface area contributed by atoms with Crippen LogP contribution < -0.4 is 21.1 Å². The Balaban J connectivity index is 1.43. The highest BCUT2D eigenvalue weighted by Gasteiger charge is 2.31. The number of methoxy groups -OCH3 is 2. The van der Waals surface area contributed by atoms with Gasteiger partial charge in [0.2, 0.25) is 5.91 Å². The number of anilines is 3. The third-order valence-corrected chi connectivity index (χ3v) is 6.12. The lowest BCUT2D eigenvalue weighted by molar-refractivity contribution is -0.117. The number of benzene rings is 1. The Kier molecular flexibility index (Phi) is 5.56. The molecule has 2 amide bonds. The number of nitrogens with one attached hydrogen (secondary N) is 2. The number of hydrogen-bond donors (Lipinski definition) is 3. The van der Waals surface area contributed by atoms with Crippen molar-refractivity contribution in [2.24, 2.45) is 11.7 Å². The van der Waals surface area contributed by atoms with Gasteiger partial charge in [0.25, 0.3) is 5.91 Å². The van der Waals surface area contributed by atoms with Gasteiger partial charge in [0, 0.05) is 36.3 Å². The highest BCUT2D eigenvalue weighted by atomic mass is 16.5. The molecule has 188 valence electrons. The largest absolute Gasteiger partial charge is 0.494 e. The molecule has 0 bridgehead atoms. The van der Waals surface area contributed by atoms with Crippen LogP contribution in [0.4, 0.5) is 17.2 Å². The molecule has 2 aromatic heterocycles. The van der Waals surface area contributed by atoms with E-state index in [1.54, 1.807) is 29.2 Å². The second-order valence-electron chi connectivity index (χ2n) is 8.60. The summed E-state index contributed by atoms with van der Waals surface area (Å²) in [5.74, 6) is -0.371. The van der Waals surface area contributed by atoms with Gasteiger partial charge in [-0.15, -0.1) is 10.2 Å². The minimum atomic E-state index is -2.55. The lowest BCUT2D eigenvalue weighted by Gasteiger charge is -2.17. The summed E-state index contributed by atoms with van der Waals surface area (Å²) in [6, 6.07) is 6.42. The fourth-order valence-corrected chi connectivity index (χ4v) is 4.07. The van der Waals surface area contributed by atoms with Crippen molar-refractivity contribution in [3.63, 3.8) is 0 Å². The van der Waals surface area contributed by atoms with E-state index in [9.17, 15) is 9.59 Å². The van der Waals surface area contributed by atoms with Crippen molar-refractivity contribution >= 4 is 29.0 Å². The van der Waals surface area contributed by atoms with Crippen LogP contribution in [-0.2, 0) is 14.3 Å². The van der Waals surface area contributed by atoms with Crippen LogP contribution in [0.5, 0.6) is 5.75 Å². The molecule has 12 nitrogen and oxygen atoms in total. The molecule has 1 saturated carbocycles. The number of nitrogens with two attached hydrogens (primary N) is 1. The van der Waals surface area contributed by atoms with Gasteiger partial charge in [-0.2, -0.15) is 5.10 Å². The van der Waals surface area contributed by atoms with Crippen LogP contribution in [0, 0.1) is 5.92 Å². The monoisotopic (exact) mass is 496 g/mol. The summed E-state index contributed by atoms with van der Waals surface area (Å²) in [5, 5.41) is 18.1. The van der Waals surface area contributed by atoms with Crippen molar-refractivity contribution in [2.75, 3.05) is 38.0 Å². The van der Waals surface area contributed by atoms with E-state index < -0.39 is 25.1 Å². The molecule has 2 atom stereocenters. The first-order valence-corrected chi connectivity index (χ1v) is 11.4. The third-order valence-electron chi connectivity index (χ3n) is 6.12. The van der Waals surface area contributed by atoms with Crippen molar-refractivity contribution < 1.29 is 27.9 Å². The quantitative estimate of drug-likeness (QED) is 0.404. The Labute approximate surface area is 211 Å². The van der Waals surface area contributed by atoms with Gasteiger partial charge < -0.3 is 30.6 Å². The third kappa shape index (κ3) is 4.72. The maximum absolute atomic E-state index is 12.2. The van der Waals surface area contributed by atoms with E-state index in [0.29, 0.717) is 22.6 Å². The number of ether oxygens (including phenoxy) is 3. The zero-order chi connectivity index (χ0) is 27.7. The summed E-state index contributed by atoms with van der Waals surface area (Å²) >= 11 is 0. The minimum absolute atomic E-state index is 0.0391. The Morgan fingerprint density at radius 2 is 2.11 bits per heavy atom. The first-order valence-electron chi connectivity index (χ1n) is 12.9. The van der Waals surface area contributed by atoms with E-state index in [2.05, 4.69) is 25.9 Å². The zero-order valence-corrected chi connectivity index (χ0v) is 19.4. The lowest BCUT2D eigenvalue weighted by atomic mass is 10.1. The van der Waals surface area contributed by atoms with Crippen LogP contribution in [0.3, 0.4) is 0 Å². The smallest absolute Gasteiger partial charge is 0.271 e. The van der Waals surface area contributed by atoms with E-state index in [1.807, 2.05) is 6.07 Å². The second kappa shape index (κ2) is 9.91. The molecule has 1 aromatic carbocycles. The van der Waals surface area contributed by atoms with Crippen molar-refractivity contribution in [2.45, 2.75) is 25.0 Å². The first kappa shape index (κ1) is 20.2. The summed E-state index contributed by atoms with van der Waals surface area (Å²) < 4.78 is 40.2. The highest BCUT2D eigenvalue weighted by Crippen LogP contribution is 2.39. The van der Waals surface area contributed by atoms with Crippen LogP contribution in [0.2, 0.25) is 0 Å². The fraction of sp³-hybridized carbons (Fsp3) is 0.375. The van der Waals surface area contributed by atoms with Crippen LogP contribution in [0.15, 0.2) is 36.7 Å². The Morgan fingerprint density at radius 1 is 1.25 bits per heavy atom. The molecule has 0 radical (unpaired) electrons. The maximum Gasteiger partial charge on any atom is 0.271 e. The summed E-state index contributed by atoms with van der Waals surface area (Å²) in [4.78, 5) is 24.2. The topological polar surface area (TPSA) is 156 Å². The molecule has 2 aliphatic rings. The molecule has 12 heteroatoms. The highest BCUT2D eigenvalue weighted by molar-refractivity contribution is 5.99. The number of aromatic nitrogens is 4. The minimum Gasteiger partial charge on any atom is -0.494 e. The SMILES string of the molecule is [2H]C([2H])([2H])O[C@@H]1COC[C@H]1n1cc(-c2cccc(Nc3cc(NC(=O)C4CC4)nnc3C(N)=O)c2OC)cn1. The average Bonchev–Trinajstić information content (AvgIpc) is 3.46. The van der Waals surface area contributed by atoms with E-state index in [0.717, 1.165) is 12.8 Å². The molecule has 36 heavy (non-hydrogen) atoms. The Morgan fingerprint density at radius 3 is 2.86 bits per heavy atom. The molecule has 1 saturated heterocycles. The van der Waals surface area contributed by atoms with Gasteiger partial charge in [-0.25, -0.2) is 0 Å². The molecule has 4 N–H and O–H groups in total. The predicted molar refractivity (Wildman–Crippen MR) is 130 cm³/mol. The number of para-hydroxylation sites is 1. The van der Waals surface area contributed by atoms with Gasteiger partial charge >= 0.3 is 0 Å². The van der Waals surface area contributed by atoms with E-state index >= 15 is 0 Å². The molecular weight excluding hydrogens is 466 g/mol. The van der Waals surface area contributed by atoms with E-state index in [1.165, 1.54) is 13.2 Å². The fourth-order valence-electron chi connectivity index (χ4n) is 4.07. The van der Waals surface area contributed by atoms with Crippen molar-refractivity contribution in [1.29, 1.82) is 0 Å². The molecule has 1 aliphatic carbocycles. The van der Waals surface area contributed by atoms with Gasteiger partial charge in [-0.1, -0.05) is 12.1 Å². The molecule has 0 unspecified atom stereocenters. The second-order valence-corrected chi connectivity index (χ2v) is 8.60. The number of carbonyl (C=O) groups excluding carboxylic acids is 2. The van der Waals surface area contributed by atoms with Crippen molar-refractivity contribution in [1.82, 2.24) is 20.0 Å². The van der Waals surface area contributed by atoms with Crippen LogP contribution in [0.1, 0.15) is 33.5 Å². The van der Waals surface area contributed by atoms with Gasteiger partial charge in [0.05, 0.1) is 42.0 Å². The molecule has 0 spiro atoms. The number of primary amides is 1. The molecule has 5 rings (SSSR count). The number of rotatable bonds is 9. The standard InChI is InChI=1S/C24H27N7O5/c1-34-19-12-36-11-18(19)31-10-14(9-26-31)15-4-3-5-16(22(15)35-2)27-17-8-20(28-24(33)13-6-7-13)29-30-21(17)23(25)32/h3-5,8-10,13,18-19H,6-7,11-12H2,1-2H3,(H2,25,32)(H2,27,28,29,33)/t18-,19-/m1/s1/i1D3. The van der Waals surface area contributed by atoms with Gasteiger partial charge in [-0.3, -0.25) is 14.3 Å². The predicted octanol–water partition coefficient (Wildman–Crippen LogP) is 2.13. The van der Waals surface area contributed by atoms with E-state index in [-0.39, 0.29) is 42.2 Å². The normalized spacial score (nSPS) is 20.8. The molecule has 2 fully saturated rings. The summed E-state index contributed by atoms with van der Waals surface area (Å²) in [5.41, 5.74) is 7.50. The van der Waals surface area contributed by atoms with Crippen molar-refractivity contribution in [3.05, 3.63) is 42.4 Å². The van der Waals surface area contributed by atoms with E-state index in [4.69, 9.17) is 24.1 Å². The summed E-state index contributed by atoms with van der Waals surface area (Å²) in [7, 11) is -1.05. The summed E-state index contributed by atoms with van der Waals surface area (Å²) in [6.07, 6.45) is 4.35. The molecular formula is C24H27N7O5. The maximum atomic E-state index is 12.2. The molecule has 3 aromatic rings.